The Balaban J connectivity index is 1.63. The first-order valence-corrected chi connectivity index (χ1v) is 7.71. The van der Waals surface area contributed by atoms with Gasteiger partial charge in [-0.15, -0.1) is 0 Å². The third-order valence-corrected chi connectivity index (χ3v) is 3.73. The number of pyridine rings is 1. The molecule has 4 N–H and O–H groups in total. The number of amides is 1. The number of anilines is 2. The highest BCUT2D eigenvalue weighted by atomic mass is 16.5. The fraction of sp³-hybridized carbons (Fsp3) is 0.235. The molecule has 3 rings (SSSR count). The maximum absolute atomic E-state index is 12.2. The zero-order valence-electron chi connectivity index (χ0n) is 14.0. The number of ether oxygens (including phenoxy) is 2. The molecule has 0 spiro atoms. The number of nitrogens with one attached hydrogen (secondary N) is 2. The third-order valence-electron chi connectivity index (χ3n) is 3.73. The highest BCUT2D eigenvalue weighted by molar-refractivity contribution is 5.91. The number of H-pyrrole nitrogens is 1. The van der Waals surface area contributed by atoms with Crippen molar-refractivity contribution >= 4 is 28.4 Å². The Labute approximate surface area is 144 Å². The van der Waals surface area contributed by atoms with Gasteiger partial charge in [-0.2, -0.15) is 0 Å². The molecular formula is C17H19N5O3. The number of methoxy groups -OCH3 is 2. The van der Waals surface area contributed by atoms with E-state index in [4.69, 9.17) is 15.2 Å². The van der Waals surface area contributed by atoms with Crippen molar-refractivity contribution in [2.24, 2.45) is 0 Å². The molecule has 0 aliphatic heterocycles. The molecule has 0 unspecified atom stereocenters. The summed E-state index contributed by atoms with van der Waals surface area (Å²) in [6, 6.07) is 6.91. The second-order valence-electron chi connectivity index (χ2n) is 5.40. The van der Waals surface area contributed by atoms with Gasteiger partial charge >= 0.3 is 0 Å². The average Bonchev–Trinajstić information content (AvgIpc) is 3.04. The van der Waals surface area contributed by atoms with Crippen molar-refractivity contribution in [3.05, 3.63) is 36.3 Å². The van der Waals surface area contributed by atoms with Crippen LogP contribution in [0.1, 0.15) is 12.2 Å². The van der Waals surface area contributed by atoms with Crippen LogP contribution in [0.2, 0.25) is 0 Å². The van der Waals surface area contributed by atoms with Crippen LogP contribution < -0.4 is 20.5 Å². The molecule has 2 heterocycles. The van der Waals surface area contributed by atoms with Crippen molar-refractivity contribution in [3.8, 4) is 11.5 Å². The highest BCUT2D eigenvalue weighted by Crippen LogP contribution is 2.29. The van der Waals surface area contributed by atoms with Crippen LogP contribution in [0.25, 0.3) is 11.2 Å². The van der Waals surface area contributed by atoms with Gasteiger partial charge in [0.25, 0.3) is 0 Å². The normalized spacial score (nSPS) is 10.6. The van der Waals surface area contributed by atoms with Crippen LogP contribution in [-0.2, 0) is 11.2 Å². The van der Waals surface area contributed by atoms with E-state index < -0.39 is 0 Å². The van der Waals surface area contributed by atoms with Gasteiger partial charge in [0.2, 0.25) is 5.91 Å². The third kappa shape index (κ3) is 3.63. The van der Waals surface area contributed by atoms with E-state index in [1.165, 1.54) is 0 Å². The second-order valence-corrected chi connectivity index (χ2v) is 5.40. The van der Waals surface area contributed by atoms with Gasteiger partial charge in [-0.05, 0) is 18.2 Å². The molecule has 0 fully saturated rings. The monoisotopic (exact) mass is 341 g/mol. The van der Waals surface area contributed by atoms with Gasteiger partial charge in [-0.3, -0.25) is 4.79 Å². The van der Waals surface area contributed by atoms with E-state index in [-0.39, 0.29) is 12.3 Å². The molecule has 25 heavy (non-hydrogen) atoms. The van der Waals surface area contributed by atoms with Crippen molar-refractivity contribution in [1.82, 2.24) is 15.0 Å². The Hall–Kier alpha value is -3.29. The summed E-state index contributed by atoms with van der Waals surface area (Å²) in [6.07, 6.45) is 2.33. The van der Waals surface area contributed by atoms with Crippen LogP contribution in [0.15, 0.2) is 30.5 Å². The Morgan fingerprint density at radius 3 is 2.76 bits per heavy atom. The number of nitrogen functional groups attached to an aromatic ring is 1. The minimum absolute atomic E-state index is 0.131. The summed E-state index contributed by atoms with van der Waals surface area (Å²) >= 11 is 0. The van der Waals surface area contributed by atoms with E-state index in [9.17, 15) is 4.79 Å². The summed E-state index contributed by atoms with van der Waals surface area (Å²) in [6.45, 7) is 0. The molecule has 0 aliphatic rings. The summed E-state index contributed by atoms with van der Waals surface area (Å²) in [5.41, 5.74) is 8.33. The zero-order chi connectivity index (χ0) is 17.8. The smallest absolute Gasteiger partial charge is 0.224 e. The van der Waals surface area contributed by atoms with Crippen LogP contribution in [-0.4, -0.2) is 35.1 Å². The molecule has 1 aromatic carbocycles. The van der Waals surface area contributed by atoms with Crippen molar-refractivity contribution in [1.29, 1.82) is 0 Å². The number of carbonyl (C=O) groups excluding carboxylic acids is 1. The molecule has 1 amide bonds. The van der Waals surface area contributed by atoms with Crippen LogP contribution in [0.4, 0.5) is 11.4 Å². The van der Waals surface area contributed by atoms with Crippen molar-refractivity contribution in [2.75, 3.05) is 25.3 Å². The minimum atomic E-state index is -0.131. The number of hydrogen-bond acceptors (Lipinski definition) is 6. The zero-order valence-corrected chi connectivity index (χ0v) is 14.0. The van der Waals surface area contributed by atoms with Gasteiger partial charge in [0, 0.05) is 30.8 Å². The predicted octanol–water partition coefficient (Wildman–Crippen LogP) is 2.13. The Morgan fingerprint density at radius 1 is 1.24 bits per heavy atom. The van der Waals surface area contributed by atoms with Crippen molar-refractivity contribution in [2.45, 2.75) is 12.8 Å². The van der Waals surface area contributed by atoms with E-state index in [0.29, 0.717) is 46.3 Å². The van der Waals surface area contributed by atoms with Gasteiger partial charge in [0.15, 0.2) is 17.1 Å². The van der Waals surface area contributed by atoms with Gasteiger partial charge in [-0.1, -0.05) is 0 Å². The van der Waals surface area contributed by atoms with E-state index in [1.54, 1.807) is 44.7 Å². The maximum Gasteiger partial charge on any atom is 0.224 e. The molecule has 0 aliphatic carbocycles. The molecule has 2 aromatic heterocycles. The number of fused-ring (bicyclic) bond motifs is 1. The Morgan fingerprint density at radius 2 is 2.04 bits per heavy atom. The van der Waals surface area contributed by atoms with E-state index >= 15 is 0 Å². The fourth-order valence-electron chi connectivity index (χ4n) is 2.47. The number of aromatic amines is 1. The fourth-order valence-corrected chi connectivity index (χ4v) is 2.47. The maximum atomic E-state index is 12.2. The van der Waals surface area contributed by atoms with Gasteiger partial charge in [0.05, 0.1) is 19.9 Å². The molecule has 130 valence electrons. The average molecular weight is 341 g/mol. The summed E-state index contributed by atoms with van der Waals surface area (Å²) in [4.78, 5) is 23.7. The Kier molecular flexibility index (Phi) is 4.69. The number of imidazole rings is 1. The molecular weight excluding hydrogens is 322 g/mol. The summed E-state index contributed by atoms with van der Waals surface area (Å²) < 4.78 is 10.4. The lowest BCUT2D eigenvalue weighted by Crippen LogP contribution is -2.12. The predicted molar refractivity (Wildman–Crippen MR) is 94.8 cm³/mol. The molecule has 0 saturated carbocycles. The number of nitrogens with two attached hydrogens (primary N) is 1. The lowest BCUT2D eigenvalue weighted by molar-refractivity contribution is -0.116. The number of carbonyl (C=O) groups is 1. The van der Waals surface area contributed by atoms with Gasteiger partial charge in [-0.25, -0.2) is 9.97 Å². The second kappa shape index (κ2) is 7.08. The summed E-state index contributed by atoms with van der Waals surface area (Å²) in [5.74, 6) is 1.70. The molecule has 8 heteroatoms. The van der Waals surface area contributed by atoms with Crippen LogP contribution in [0.5, 0.6) is 11.5 Å². The lowest BCUT2D eigenvalue weighted by atomic mass is 10.2. The number of aromatic nitrogens is 3. The van der Waals surface area contributed by atoms with E-state index in [2.05, 4.69) is 20.3 Å². The van der Waals surface area contributed by atoms with Crippen LogP contribution in [0.3, 0.4) is 0 Å². The van der Waals surface area contributed by atoms with Gasteiger partial charge < -0.3 is 25.5 Å². The van der Waals surface area contributed by atoms with E-state index in [0.717, 1.165) is 0 Å². The van der Waals surface area contributed by atoms with Crippen molar-refractivity contribution < 1.29 is 14.3 Å². The largest absolute Gasteiger partial charge is 0.493 e. The number of rotatable bonds is 6. The molecule has 8 nitrogen and oxygen atoms in total. The molecule has 0 saturated heterocycles. The number of hydrogen-bond donors (Lipinski definition) is 3. The molecule has 0 atom stereocenters. The van der Waals surface area contributed by atoms with Gasteiger partial charge in [0.1, 0.15) is 11.3 Å². The quantitative estimate of drug-likeness (QED) is 0.632. The number of aryl methyl sites for hydroxylation is 1. The topological polar surface area (TPSA) is 115 Å². The lowest BCUT2D eigenvalue weighted by Gasteiger charge is -2.10. The van der Waals surface area contributed by atoms with E-state index in [1.807, 2.05) is 0 Å². The highest BCUT2D eigenvalue weighted by Gasteiger charge is 2.10. The standard InChI is InChI=1S/C17H19N5O3/c1-24-12-4-3-10(9-13(12)25-2)20-15(23)6-5-14-21-16-11(18)7-8-19-17(16)22-14/h3-4,7-9H,5-6H2,1-2H3,(H,20,23)(H3,18,19,21,22). The first kappa shape index (κ1) is 16.6. The van der Waals surface area contributed by atoms with Crippen LogP contribution in [0, 0.1) is 0 Å². The molecule has 0 radical (unpaired) electrons. The van der Waals surface area contributed by atoms with Crippen LogP contribution >= 0.6 is 0 Å². The summed E-state index contributed by atoms with van der Waals surface area (Å²) in [7, 11) is 3.11. The summed E-state index contributed by atoms with van der Waals surface area (Å²) in [5, 5.41) is 2.83. The minimum Gasteiger partial charge on any atom is -0.493 e. The Bertz CT molecular complexity index is 906. The molecule has 0 bridgehead atoms. The number of nitrogens with zero attached hydrogens (tertiary/aromatic N) is 2. The first-order valence-electron chi connectivity index (χ1n) is 7.71. The molecule has 3 aromatic rings. The van der Waals surface area contributed by atoms with Crippen molar-refractivity contribution in [3.63, 3.8) is 0 Å². The number of benzene rings is 1. The SMILES string of the molecule is COc1ccc(NC(=O)CCc2nc3nccc(N)c3[nH]2)cc1OC. The first-order chi connectivity index (χ1) is 12.1.